The van der Waals surface area contributed by atoms with Gasteiger partial charge in [0.15, 0.2) is 6.10 Å². The lowest BCUT2D eigenvalue weighted by atomic mass is 10.0. The Labute approximate surface area is 562 Å². The molecule has 0 rings (SSSR count). The quantitative estimate of drug-likeness (QED) is 0.0373. The number of hydrogen-bond donors (Lipinski definition) is 1. The van der Waals surface area contributed by atoms with Crippen LogP contribution in [0.3, 0.4) is 0 Å². The van der Waals surface area contributed by atoms with Gasteiger partial charge in [0.25, 0.3) is 0 Å². The van der Waals surface area contributed by atoms with Crippen molar-refractivity contribution in [3.63, 3.8) is 0 Å². The number of hydrogen-bond acceptors (Lipinski definition) is 5. The van der Waals surface area contributed by atoms with Crippen LogP contribution in [0, 0.1) is 0 Å². The fourth-order valence-electron chi connectivity index (χ4n) is 12.2. The molecule has 90 heavy (non-hydrogen) atoms. The summed E-state index contributed by atoms with van der Waals surface area (Å²) >= 11 is 0. The molecule has 1 unspecified atom stereocenters. The standard InChI is InChI=1S/C85H154O5/c1-3-5-7-9-11-13-15-17-19-21-23-25-27-29-31-33-35-37-39-41-42-44-45-47-49-51-53-55-57-59-61-63-65-67-69-71-73-75-77-79-84(87)89-82-83(81-86)90-85(88)80-78-76-74-72-70-68-66-64-62-60-58-56-54-52-50-48-46-43-40-38-36-34-32-30-28-26-24-22-20-18-16-14-12-10-8-6-4-2/h6,8,12,14,18,20-21,23-24,26,30,32,36,38,83,86H,3-5,7,9-11,13,15-17,19,22,25,27-29,31,33-35,37,39-82H2,1-2H3/b8-6-,14-12-,20-18-,23-21-,26-24-,32-30-,38-36-. The van der Waals surface area contributed by atoms with Crippen LogP contribution < -0.4 is 0 Å². The molecule has 0 saturated carbocycles. The Bertz CT molecular complexity index is 1620. The van der Waals surface area contributed by atoms with Crippen LogP contribution in [-0.2, 0) is 19.1 Å². The summed E-state index contributed by atoms with van der Waals surface area (Å²) in [6.45, 7) is 4.08. The van der Waals surface area contributed by atoms with Crippen molar-refractivity contribution < 1.29 is 24.2 Å². The summed E-state index contributed by atoms with van der Waals surface area (Å²) in [6, 6.07) is 0. The highest BCUT2D eigenvalue weighted by atomic mass is 16.6. The molecule has 0 radical (unpaired) electrons. The highest BCUT2D eigenvalue weighted by Gasteiger charge is 2.16. The van der Waals surface area contributed by atoms with E-state index in [4.69, 9.17) is 9.47 Å². The van der Waals surface area contributed by atoms with Crippen LogP contribution in [0.5, 0.6) is 0 Å². The third-order valence-corrected chi connectivity index (χ3v) is 18.2. The molecule has 0 aliphatic carbocycles. The fraction of sp³-hybridized carbons (Fsp3) is 0.812. The molecule has 1 atom stereocenters. The molecule has 0 aromatic rings. The second-order valence-corrected chi connectivity index (χ2v) is 27.1. The topological polar surface area (TPSA) is 72.8 Å². The molecule has 0 fully saturated rings. The molecule has 0 aliphatic rings. The van der Waals surface area contributed by atoms with Crippen molar-refractivity contribution in [2.45, 2.75) is 431 Å². The van der Waals surface area contributed by atoms with E-state index in [2.05, 4.69) is 98.9 Å². The number of aliphatic hydroxyl groups excluding tert-OH is 1. The number of aliphatic hydroxyl groups is 1. The number of allylic oxidation sites excluding steroid dienone is 14. The molecule has 5 nitrogen and oxygen atoms in total. The van der Waals surface area contributed by atoms with Crippen molar-refractivity contribution in [3.8, 4) is 0 Å². The smallest absolute Gasteiger partial charge is 0.306 e. The third-order valence-electron chi connectivity index (χ3n) is 18.2. The Kier molecular flexibility index (Phi) is 77.7. The molecule has 524 valence electrons. The van der Waals surface area contributed by atoms with Crippen LogP contribution in [0.15, 0.2) is 85.1 Å². The first-order valence-electron chi connectivity index (χ1n) is 40.1. The van der Waals surface area contributed by atoms with Crippen molar-refractivity contribution >= 4 is 11.9 Å². The lowest BCUT2D eigenvalue weighted by Crippen LogP contribution is -2.28. The molecule has 0 bridgehead atoms. The average Bonchev–Trinajstić information content (AvgIpc) is 3.62. The monoisotopic (exact) mass is 1260 g/mol. The first-order valence-corrected chi connectivity index (χ1v) is 40.1. The first-order chi connectivity index (χ1) is 44.6. The van der Waals surface area contributed by atoms with Gasteiger partial charge in [-0.15, -0.1) is 0 Å². The molecular formula is C85H154O5. The Morgan fingerprint density at radius 1 is 0.267 bits per heavy atom. The number of ether oxygens (including phenoxy) is 2. The summed E-state index contributed by atoms with van der Waals surface area (Å²) in [6.07, 6.45) is 114. The number of carbonyl (C=O) groups excluding carboxylic acids is 2. The van der Waals surface area contributed by atoms with Crippen molar-refractivity contribution in [3.05, 3.63) is 85.1 Å². The van der Waals surface area contributed by atoms with E-state index >= 15 is 0 Å². The first kappa shape index (κ1) is 87.1. The number of unbranched alkanes of at least 4 members (excludes halogenated alkanes) is 53. The minimum absolute atomic E-state index is 0.0619. The second kappa shape index (κ2) is 80.3. The number of esters is 2. The van der Waals surface area contributed by atoms with Gasteiger partial charge < -0.3 is 14.6 Å². The highest BCUT2D eigenvalue weighted by Crippen LogP contribution is 2.20. The zero-order valence-corrected chi connectivity index (χ0v) is 60.4. The number of rotatable bonds is 75. The van der Waals surface area contributed by atoms with Crippen LogP contribution in [0.4, 0.5) is 0 Å². The molecule has 0 aliphatic heterocycles. The van der Waals surface area contributed by atoms with E-state index in [1.807, 2.05) is 0 Å². The Morgan fingerprint density at radius 3 is 0.733 bits per heavy atom. The van der Waals surface area contributed by atoms with Crippen molar-refractivity contribution in [1.29, 1.82) is 0 Å². The Balaban J connectivity index is 3.39. The summed E-state index contributed by atoms with van der Waals surface area (Å²) in [5.74, 6) is -0.569. The van der Waals surface area contributed by atoms with Gasteiger partial charge in [-0.3, -0.25) is 9.59 Å². The third kappa shape index (κ3) is 77.5. The maximum atomic E-state index is 12.4. The van der Waals surface area contributed by atoms with E-state index in [1.54, 1.807) is 0 Å². The van der Waals surface area contributed by atoms with E-state index < -0.39 is 6.10 Å². The van der Waals surface area contributed by atoms with Crippen molar-refractivity contribution in [2.75, 3.05) is 13.2 Å². The molecule has 0 aromatic heterocycles. The van der Waals surface area contributed by atoms with Gasteiger partial charge in [0.1, 0.15) is 6.61 Å². The van der Waals surface area contributed by atoms with E-state index in [0.29, 0.717) is 12.8 Å². The van der Waals surface area contributed by atoms with Gasteiger partial charge in [-0.1, -0.05) is 407 Å². The molecule has 0 heterocycles. The van der Waals surface area contributed by atoms with Crippen LogP contribution >= 0.6 is 0 Å². The fourth-order valence-corrected chi connectivity index (χ4v) is 12.2. The lowest BCUT2D eigenvalue weighted by Gasteiger charge is -2.15. The van der Waals surface area contributed by atoms with Gasteiger partial charge in [0.05, 0.1) is 6.61 Å². The van der Waals surface area contributed by atoms with Gasteiger partial charge in [-0.25, -0.2) is 0 Å². The van der Waals surface area contributed by atoms with Crippen LogP contribution in [0.25, 0.3) is 0 Å². The maximum Gasteiger partial charge on any atom is 0.306 e. The van der Waals surface area contributed by atoms with Crippen LogP contribution in [0.2, 0.25) is 0 Å². The molecular weight excluding hydrogens is 1100 g/mol. The van der Waals surface area contributed by atoms with Gasteiger partial charge >= 0.3 is 11.9 Å². The average molecular weight is 1260 g/mol. The second-order valence-electron chi connectivity index (χ2n) is 27.1. The predicted octanol–water partition coefficient (Wildman–Crippen LogP) is 28.3. The van der Waals surface area contributed by atoms with Gasteiger partial charge in [0, 0.05) is 12.8 Å². The normalized spacial score (nSPS) is 12.6. The number of carbonyl (C=O) groups is 2. The summed E-state index contributed by atoms with van der Waals surface area (Å²) in [4.78, 5) is 24.7. The summed E-state index contributed by atoms with van der Waals surface area (Å²) in [5.41, 5.74) is 0. The zero-order valence-electron chi connectivity index (χ0n) is 60.4. The van der Waals surface area contributed by atoms with Gasteiger partial charge in [-0.2, -0.15) is 0 Å². The molecule has 0 amide bonds. The molecule has 5 heteroatoms. The minimum Gasteiger partial charge on any atom is -0.462 e. The zero-order chi connectivity index (χ0) is 64.7. The van der Waals surface area contributed by atoms with E-state index in [9.17, 15) is 14.7 Å². The van der Waals surface area contributed by atoms with Crippen LogP contribution in [-0.4, -0.2) is 36.4 Å². The summed E-state index contributed by atoms with van der Waals surface area (Å²) in [7, 11) is 0. The maximum absolute atomic E-state index is 12.4. The largest absolute Gasteiger partial charge is 0.462 e. The van der Waals surface area contributed by atoms with E-state index in [1.165, 1.54) is 321 Å². The SMILES string of the molecule is CC/C=C\C/C=C\C/C=C\C/C=C\C/C=C\C/C=C\CCCCCCCCCCCCCCCCCCCCC(=O)OC(CO)COC(=O)CCCCCCCCCCCCCCCCCCCCCCCCCCCCC/C=C\CCCCCCCCCC. The Hall–Kier alpha value is -2.92. The summed E-state index contributed by atoms with van der Waals surface area (Å²) in [5, 5.41) is 9.73. The molecule has 0 aromatic carbocycles. The van der Waals surface area contributed by atoms with Crippen LogP contribution in [0.1, 0.15) is 425 Å². The lowest BCUT2D eigenvalue weighted by molar-refractivity contribution is -0.161. The summed E-state index contributed by atoms with van der Waals surface area (Å²) < 4.78 is 10.8. The van der Waals surface area contributed by atoms with E-state index in [-0.39, 0.29) is 25.2 Å². The van der Waals surface area contributed by atoms with E-state index in [0.717, 1.165) is 77.0 Å². The molecule has 1 N–H and O–H groups in total. The molecule has 0 saturated heterocycles. The molecule has 0 spiro atoms. The van der Waals surface area contributed by atoms with Gasteiger partial charge in [0.2, 0.25) is 0 Å². The van der Waals surface area contributed by atoms with Gasteiger partial charge in [-0.05, 0) is 89.9 Å². The Morgan fingerprint density at radius 2 is 0.478 bits per heavy atom. The minimum atomic E-state index is -0.774. The predicted molar refractivity (Wildman–Crippen MR) is 399 cm³/mol. The van der Waals surface area contributed by atoms with Crippen molar-refractivity contribution in [1.82, 2.24) is 0 Å². The highest BCUT2D eigenvalue weighted by molar-refractivity contribution is 5.70. The van der Waals surface area contributed by atoms with Crippen molar-refractivity contribution in [2.24, 2.45) is 0 Å².